The second-order valence-corrected chi connectivity index (χ2v) is 6.81. The van der Waals surface area contributed by atoms with E-state index in [2.05, 4.69) is 26.2 Å². The molecule has 138 valence electrons. The van der Waals surface area contributed by atoms with Gasteiger partial charge in [0.1, 0.15) is 11.5 Å². The molecule has 1 aromatic carbocycles. The average molecular weight is 346 g/mol. The minimum absolute atomic E-state index is 0.860. The van der Waals surface area contributed by atoms with Crippen molar-refractivity contribution < 1.29 is 9.47 Å². The molecule has 0 unspecified atom stereocenters. The van der Waals surface area contributed by atoms with E-state index in [4.69, 9.17) is 9.47 Å². The van der Waals surface area contributed by atoms with E-state index < -0.39 is 0 Å². The van der Waals surface area contributed by atoms with Crippen molar-refractivity contribution in [2.75, 3.05) is 54.0 Å². The molecule has 6 heteroatoms. The summed E-state index contributed by atoms with van der Waals surface area (Å²) in [5.41, 5.74) is 1.17. The van der Waals surface area contributed by atoms with E-state index >= 15 is 0 Å². The molecule has 0 radical (unpaired) electrons. The van der Waals surface area contributed by atoms with Gasteiger partial charge in [-0.05, 0) is 37.0 Å². The minimum Gasteiger partial charge on any atom is -0.497 e. The zero-order valence-electron chi connectivity index (χ0n) is 15.6. The molecule has 1 aromatic rings. The first-order chi connectivity index (χ1) is 12.2. The zero-order valence-corrected chi connectivity index (χ0v) is 15.6. The number of benzene rings is 1. The maximum atomic E-state index is 5.50. The summed E-state index contributed by atoms with van der Waals surface area (Å²) in [5.74, 6) is 3.70. The molecule has 1 saturated heterocycles. The van der Waals surface area contributed by atoms with Gasteiger partial charge in [0.2, 0.25) is 0 Å². The Labute approximate surface area is 150 Å². The second-order valence-electron chi connectivity index (χ2n) is 6.81. The minimum atomic E-state index is 0.860. The van der Waals surface area contributed by atoms with Gasteiger partial charge in [-0.3, -0.25) is 9.89 Å². The van der Waals surface area contributed by atoms with Crippen LogP contribution in [-0.4, -0.2) is 69.8 Å². The third-order valence-electron chi connectivity index (χ3n) is 5.01. The van der Waals surface area contributed by atoms with Crippen molar-refractivity contribution in [3.8, 4) is 11.5 Å². The Morgan fingerprint density at radius 2 is 1.92 bits per heavy atom. The molecule has 1 aliphatic carbocycles. The van der Waals surface area contributed by atoms with Crippen LogP contribution in [0.5, 0.6) is 11.5 Å². The first kappa shape index (κ1) is 17.9. The number of piperazine rings is 1. The number of hydrogen-bond donors (Lipinski definition) is 1. The molecule has 2 fully saturated rings. The molecular weight excluding hydrogens is 316 g/mol. The normalized spacial score (nSPS) is 19.0. The van der Waals surface area contributed by atoms with E-state index in [1.54, 1.807) is 14.2 Å². The highest BCUT2D eigenvalue weighted by atomic mass is 16.5. The van der Waals surface area contributed by atoms with Gasteiger partial charge in [-0.1, -0.05) is 0 Å². The predicted molar refractivity (Wildman–Crippen MR) is 100 cm³/mol. The Morgan fingerprint density at radius 3 is 2.52 bits per heavy atom. The van der Waals surface area contributed by atoms with Crippen LogP contribution < -0.4 is 14.8 Å². The largest absolute Gasteiger partial charge is 0.497 e. The third-order valence-corrected chi connectivity index (χ3v) is 5.01. The van der Waals surface area contributed by atoms with Crippen LogP contribution in [0, 0.1) is 5.92 Å². The molecule has 2 aliphatic rings. The van der Waals surface area contributed by atoms with Gasteiger partial charge in [-0.2, -0.15) is 0 Å². The molecule has 0 bridgehead atoms. The highest BCUT2D eigenvalue weighted by Crippen LogP contribution is 2.28. The van der Waals surface area contributed by atoms with Gasteiger partial charge in [0, 0.05) is 51.9 Å². The maximum Gasteiger partial charge on any atom is 0.193 e. The van der Waals surface area contributed by atoms with Gasteiger partial charge >= 0.3 is 0 Å². The first-order valence-corrected chi connectivity index (χ1v) is 9.12. The second kappa shape index (κ2) is 8.43. The molecular formula is C19H30N4O2. The van der Waals surface area contributed by atoms with E-state index in [1.807, 2.05) is 19.2 Å². The monoisotopic (exact) mass is 346 g/mol. The highest BCUT2D eigenvalue weighted by molar-refractivity contribution is 5.80. The van der Waals surface area contributed by atoms with E-state index in [1.165, 1.54) is 18.4 Å². The van der Waals surface area contributed by atoms with Crippen molar-refractivity contribution in [2.24, 2.45) is 10.9 Å². The van der Waals surface area contributed by atoms with Crippen LogP contribution in [0.1, 0.15) is 18.4 Å². The SMILES string of the molecule is CN=C(NCC1CC1)N1CCN(Cc2cc(OC)ccc2OC)CC1. The molecule has 1 heterocycles. The molecule has 0 spiro atoms. The smallest absolute Gasteiger partial charge is 0.193 e. The van der Waals surface area contributed by atoms with E-state index in [9.17, 15) is 0 Å². The molecule has 0 atom stereocenters. The van der Waals surface area contributed by atoms with Crippen LogP contribution in [0.25, 0.3) is 0 Å². The summed E-state index contributed by atoms with van der Waals surface area (Å²) in [6.45, 7) is 5.97. The Hall–Kier alpha value is -1.95. The third kappa shape index (κ3) is 4.78. The average Bonchev–Trinajstić information content (AvgIpc) is 3.48. The summed E-state index contributed by atoms with van der Waals surface area (Å²) in [7, 11) is 5.30. The van der Waals surface area contributed by atoms with Crippen LogP contribution in [0.2, 0.25) is 0 Å². The molecule has 25 heavy (non-hydrogen) atoms. The number of aliphatic imine (C=N–C) groups is 1. The molecule has 0 aromatic heterocycles. The van der Waals surface area contributed by atoms with E-state index in [-0.39, 0.29) is 0 Å². The van der Waals surface area contributed by atoms with Gasteiger partial charge in [0.15, 0.2) is 5.96 Å². The van der Waals surface area contributed by atoms with Gasteiger partial charge in [0.05, 0.1) is 14.2 Å². The summed E-state index contributed by atoms with van der Waals surface area (Å²) in [5, 5.41) is 3.52. The number of ether oxygens (including phenoxy) is 2. The van der Waals surface area contributed by atoms with Crippen molar-refractivity contribution >= 4 is 5.96 Å². The topological polar surface area (TPSA) is 49.3 Å². The summed E-state index contributed by atoms with van der Waals surface area (Å²) in [4.78, 5) is 9.27. The summed E-state index contributed by atoms with van der Waals surface area (Å²) < 4.78 is 10.9. The van der Waals surface area contributed by atoms with Crippen LogP contribution in [0.15, 0.2) is 23.2 Å². The Balaban J connectivity index is 1.53. The molecule has 1 N–H and O–H groups in total. The number of nitrogens with one attached hydrogen (secondary N) is 1. The molecule has 1 saturated carbocycles. The van der Waals surface area contributed by atoms with Crippen molar-refractivity contribution in [1.82, 2.24) is 15.1 Å². The van der Waals surface area contributed by atoms with E-state index in [0.29, 0.717) is 0 Å². The number of nitrogens with zero attached hydrogens (tertiary/aromatic N) is 3. The lowest BCUT2D eigenvalue weighted by Crippen LogP contribution is -2.52. The van der Waals surface area contributed by atoms with Crippen LogP contribution in [0.4, 0.5) is 0 Å². The summed E-state index contributed by atoms with van der Waals surface area (Å²) in [6.07, 6.45) is 2.72. The quantitative estimate of drug-likeness (QED) is 0.629. The number of guanidine groups is 1. The van der Waals surface area contributed by atoms with Crippen molar-refractivity contribution in [3.63, 3.8) is 0 Å². The Bertz CT molecular complexity index is 593. The van der Waals surface area contributed by atoms with Gasteiger partial charge in [-0.15, -0.1) is 0 Å². The van der Waals surface area contributed by atoms with Crippen molar-refractivity contribution in [1.29, 1.82) is 0 Å². The summed E-state index contributed by atoms with van der Waals surface area (Å²) >= 11 is 0. The number of methoxy groups -OCH3 is 2. The fourth-order valence-corrected chi connectivity index (χ4v) is 3.25. The molecule has 0 amide bonds. The maximum absolute atomic E-state index is 5.50. The first-order valence-electron chi connectivity index (χ1n) is 9.12. The van der Waals surface area contributed by atoms with E-state index in [0.717, 1.165) is 62.6 Å². The standard InChI is InChI=1S/C19H30N4O2/c1-20-19(21-13-15-4-5-15)23-10-8-22(9-11-23)14-16-12-17(24-2)6-7-18(16)25-3/h6-7,12,15H,4-5,8-11,13-14H2,1-3H3,(H,20,21). The van der Waals surface area contributed by atoms with Gasteiger partial charge in [-0.25, -0.2) is 0 Å². The van der Waals surface area contributed by atoms with Crippen LogP contribution in [-0.2, 0) is 6.54 Å². The summed E-state index contributed by atoms with van der Waals surface area (Å²) in [6, 6.07) is 5.99. The fourth-order valence-electron chi connectivity index (χ4n) is 3.25. The molecule has 3 rings (SSSR count). The Morgan fingerprint density at radius 1 is 1.16 bits per heavy atom. The predicted octanol–water partition coefficient (Wildman–Crippen LogP) is 1.81. The number of rotatable bonds is 6. The molecule has 6 nitrogen and oxygen atoms in total. The van der Waals surface area contributed by atoms with Crippen molar-refractivity contribution in [3.05, 3.63) is 23.8 Å². The molecule has 1 aliphatic heterocycles. The zero-order chi connectivity index (χ0) is 17.6. The van der Waals surface area contributed by atoms with Crippen molar-refractivity contribution in [2.45, 2.75) is 19.4 Å². The Kier molecular flexibility index (Phi) is 6.02. The van der Waals surface area contributed by atoms with Gasteiger partial charge in [0.25, 0.3) is 0 Å². The van der Waals surface area contributed by atoms with Gasteiger partial charge < -0.3 is 19.7 Å². The van der Waals surface area contributed by atoms with Crippen LogP contribution >= 0.6 is 0 Å². The lowest BCUT2D eigenvalue weighted by atomic mass is 10.1. The highest BCUT2D eigenvalue weighted by Gasteiger charge is 2.24. The fraction of sp³-hybridized carbons (Fsp3) is 0.632. The lowest BCUT2D eigenvalue weighted by Gasteiger charge is -2.36. The number of hydrogen-bond acceptors (Lipinski definition) is 4. The lowest BCUT2D eigenvalue weighted by molar-refractivity contribution is 0.171. The van der Waals surface area contributed by atoms with Crippen LogP contribution in [0.3, 0.4) is 0 Å².